The highest BCUT2D eigenvalue weighted by molar-refractivity contribution is 5.75. The molecule has 0 saturated heterocycles. The normalized spacial score (nSPS) is 11.7. The molecule has 0 spiro atoms. The molecule has 0 bridgehead atoms. The maximum atomic E-state index is 9.96. The Morgan fingerprint density at radius 2 is 1.12 bits per heavy atom. The van der Waals surface area contributed by atoms with Crippen LogP contribution in [0.5, 0.6) is 0 Å². The fourth-order valence-electron chi connectivity index (χ4n) is 5.42. The third kappa shape index (κ3) is 5.93. The van der Waals surface area contributed by atoms with E-state index in [9.17, 15) is 5.26 Å². The van der Waals surface area contributed by atoms with Gasteiger partial charge in [-0.25, -0.2) is 0 Å². The summed E-state index contributed by atoms with van der Waals surface area (Å²) in [5.41, 5.74) is 11.4. The first-order valence-corrected chi connectivity index (χ1v) is 14.0. The molecule has 5 aromatic rings. The Labute approximate surface area is 239 Å². The van der Waals surface area contributed by atoms with Crippen LogP contribution in [-0.2, 0) is 17.3 Å². The van der Waals surface area contributed by atoms with Crippen LogP contribution in [0.4, 0.5) is 0 Å². The number of rotatable bonds is 6. The van der Waals surface area contributed by atoms with Gasteiger partial charge in [-0.15, -0.1) is 0 Å². The van der Waals surface area contributed by atoms with E-state index in [-0.39, 0.29) is 10.8 Å². The van der Waals surface area contributed by atoms with Crippen molar-refractivity contribution in [2.24, 2.45) is 0 Å². The third-order valence-electron chi connectivity index (χ3n) is 7.82. The summed E-state index contributed by atoms with van der Waals surface area (Å²) in [5, 5.41) is 9.96. The topological polar surface area (TPSA) is 23.8 Å². The van der Waals surface area contributed by atoms with Gasteiger partial charge in [-0.3, -0.25) is 0 Å². The molecule has 0 saturated carbocycles. The Hall–Kier alpha value is -4.41. The van der Waals surface area contributed by atoms with E-state index in [0.29, 0.717) is 0 Å². The van der Waals surface area contributed by atoms with Crippen molar-refractivity contribution in [2.45, 2.75) is 51.9 Å². The van der Waals surface area contributed by atoms with Gasteiger partial charge >= 0.3 is 0 Å². The number of hydrogen-bond donors (Lipinski definition) is 0. The van der Waals surface area contributed by atoms with Gasteiger partial charge in [-0.1, -0.05) is 144 Å². The van der Waals surface area contributed by atoms with Crippen molar-refractivity contribution in [3.63, 3.8) is 0 Å². The number of benzene rings is 5. The molecule has 40 heavy (non-hydrogen) atoms. The molecule has 1 heteroatoms. The maximum absolute atomic E-state index is 9.96. The van der Waals surface area contributed by atoms with E-state index in [0.717, 1.165) is 23.1 Å². The monoisotopic (exact) mass is 519 g/mol. The van der Waals surface area contributed by atoms with E-state index in [2.05, 4.69) is 144 Å². The van der Waals surface area contributed by atoms with Crippen molar-refractivity contribution < 1.29 is 0 Å². The second-order valence-corrected chi connectivity index (χ2v) is 12.4. The zero-order valence-electron chi connectivity index (χ0n) is 24.2. The Kier molecular flexibility index (Phi) is 7.46. The van der Waals surface area contributed by atoms with Gasteiger partial charge in [0, 0.05) is 0 Å². The minimum atomic E-state index is -0.137. The van der Waals surface area contributed by atoms with Crippen molar-refractivity contribution in [1.29, 1.82) is 5.26 Å². The van der Waals surface area contributed by atoms with Gasteiger partial charge in [0.1, 0.15) is 0 Å². The Bertz CT molecular complexity index is 1660. The van der Waals surface area contributed by atoms with Crippen LogP contribution >= 0.6 is 0 Å². The van der Waals surface area contributed by atoms with Crippen LogP contribution in [0.1, 0.15) is 56.9 Å². The standard InChI is InChI=1S/C39H37N/c1-38(2,3)36-23-32(29-14-8-6-9-15-29)22-33(24-36)31-18-12-13-28(21-31)26-39(4,5)35-19-20-37(34(25-35)27-40)30-16-10-7-11-17-30/h6-25H,26H2,1-5H3. The third-order valence-corrected chi connectivity index (χ3v) is 7.82. The molecule has 0 atom stereocenters. The molecule has 0 aliphatic carbocycles. The van der Waals surface area contributed by atoms with E-state index in [1.807, 2.05) is 18.2 Å². The van der Waals surface area contributed by atoms with Crippen LogP contribution in [0.25, 0.3) is 33.4 Å². The van der Waals surface area contributed by atoms with Crippen molar-refractivity contribution >= 4 is 0 Å². The van der Waals surface area contributed by atoms with E-state index < -0.39 is 0 Å². The molecule has 0 heterocycles. The minimum absolute atomic E-state index is 0.0451. The molecule has 0 unspecified atom stereocenters. The van der Waals surface area contributed by atoms with E-state index in [1.165, 1.54) is 38.9 Å². The molecule has 198 valence electrons. The summed E-state index contributed by atoms with van der Waals surface area (Å²) in [7, 11) is 0. The molecule has 1 nitrogen and oxygen atoms in total. The van der Waals surface area contributed by atoms with E-state index in [1.54, 1.807) is 0 Å². The van der Waals surface area contributed by atoms with Crippen LogP contribution in [0, 0.1) is 11.3 Å². The molecule has 0 aliphatic rings. The summed E-state index contributed by atoms with van der Waals surface area (Å²) in [6, 6.07) is 45.5. The Morgan fingerprint density at radius 1 is 0.525 bits per heavy atom. The first-order chi connectivity index (χ1) is 19.1. The van der Waals surface area contributed by atoms with Crippen LogP contribution in [0.15, 0.2) is 121 Å². The highest BCUT2D eigenvalue weighted by Crippen LogP contribution is 2.36. The van der Waals surface area contributed by atoms with Gasteiger partial charge in [0.15, 0.2) is 0 Å². The number of nitrogens with zero attached hydrogens (tertiary/aromatic N) is 1. The summed E-state index contributed by atoms with van der Waals surface area (Å²) in [4.78, 5) is 0. The number of hydrogen-bond acceptors (Lipinski definition) is 1. The zero-order chi connectivity index (χ0) is 28.3. The first-order valence-electron chi connectivity index (χ1n) is 14.0. The summed E-state index contributed by atoms with van der Waals surface area (Å²) < 4.78 is 0. The van der Waals surface area contributed by atoms with Crippen LogP contribution < -0.4 is 0 Å². The second-order valence-electron chi connectivity index (χ2n) is 12.4. The molecule has 0 amide bonds. The molecule has 0 fully saturated rings. The van der Waals surface area contributed by atoms with Crippen LogP contribution in [-0.4, -0.2) is 0 Å². The average Bonchev–Trinajstić information content (AvgIpc) is 2.97. The van der Waals surface area contributed by atoms with Crippen molar-refractivity contribution in [2.75, 3.05) is 0 Å². The van der Waals surface area contributed by atoms with Crippen molar-refractivity contribution in [3.8, 4) is 39.4 Å². The summed E-state index contributed by atoms with van der Waals surface area (Å²) >= 11 is 0. The molecular formula is C39H37N. The van der Waals surface area contributed by atoms with E-state index >= 15 is 0 Å². The molecule has 5 rings (SSSR count). The van der Waals surface area contributed by atoms with Gasteiger partial charge < -0.3 is 0 Å². The average molecular weight is 520 g/mol. The summed E-state index contributed by atoms with van der Waals surface area (Å²) in [6.45, 7) is 11.4. The first kappa shape index (κ1) is 27.2. The molecule has 0 radical (unpaired) electrons. The van der Waals surface area contributed by atoms with Gasteiger partial charge in [-0.2, -0.15) is 5.26 Å². The van der Waals surface area contributed by atoms with E-state index in [4.69, 9.17) is 0 Å². The second kappa shape index (κ2) is 11.0. The fourth-order valence-corrected chi connectivity index (χ4v) is 5.42. The summed E-state index contributed by atoms with van der Waals surface area (Å²) in [5.74, 6) is 0. The zero-order valence-corrected chi connectivity index (χ0v) is 24.2. The quantitative estimate of drug-likeness (QED) is 0.219. The fraction of sp³-hybridized carbons (Fsp3) is 0.205. The van der Waals surface area contributed by atoms with Gasteiger partial charge in [0.2, 0.25) is 0 Å². The van der Waals surface area contributed by atoms with Crippen molar-refractivity contribution in [3.05, 3.63) is 144 Å². The molecular weight excluding hydrogens is 482 g/mol. The highest BCUT2D eigenvalue weighted by Gasteiger charge is 2.23. The Morgan fingerprint density at radius 3 is 1.75 bits per heavy atom. The largest absolute Gasteiger partial charge is 0.192 e. The van der Waals surface area contributed by atoms with Gasteiger partial charge in [0.25, 0.3) is 0 Å². The molecule has 0 aromatic heterocycles. The van der Waals surface area contributed by atoms with Gasteiger partial charge in [0.05, 0.1) is 11.6 Å². The van der Waals surface area contributed by atoms with Gasteiger partial charge in [-0.05, 0) is 79.5 Å². The highest BCUT2D eigenvalue weighted by atomic mass is 14.3. The lowest BCUT2D eigenvalue weighted by Crippen LogP contribution is -2.20. The minimum Gasteiger partial charge on any atom is -0.192 e. The predicted octanol–water partition coefficient (Wildman–Crippen LogP) is 10.4. The number of nitriles is 1. The molecule has 5 aromatic carbocycles. The Balaban J connectivity index is 1.48. The molecule has 0 N–H and O–H groups in total. The lowest BCUT2D eigenvalue weighted by molar-refractivity contribution is 0.522. The van der Waals surface area contributed by atoms with Crippen LogP contribution in [0.2, 0.25) is 0 Å². The predicted molar refractivity (Wildman–Crippen MR) is 169 cm³/mol. The summed E-state index contributed by atoms with van der Waals surface area (Å²) in [6.07, 6.45) is 0.876. The lowest BCUT2D eigenvalue weighted by Gasteiger charge is -2.27. The molecule has 0 aliphatic heterocycles. The van der Waals surface area contributed by atoms with Crippen LogP contribution in [0.3, 0.4) is 0 Å². The smallest absolute Gasteiger partial charge is 0.0998 e. The SMILES string of the molecule is CC(C)(C)c1cc(-c2ccccc2)cc(-c2cccc(CC(C)(C)c3ccc(-c4ccccc4)c(C#N)c3)c2)c1. The van der Waals surface area contributed by atoms with Crippen molar-refractivity contribution in [1.82, 2.24) is 0 Å². The lowest BCUT2D eigenvalue weighted by atomic mass is 9.77. The maximum Gasteiger partial charge on any atom is 0.0998 e.